The van der Waals surface area contributed by atoms with Crippen LogP contribution in [0.3, 0.4) is 0 Å². The molecule has 2 heteroatoms. The average Bonchev–Trinajstić information content (AvgIpc) is 2.82. The topological polar surface area (TPSA) is 3.88 Å². The van der Waals surface area contributed by atoms with Gasteiger partial charge >= 0.3 is 0 Å². The third-order valence-electron chi connectivity index (χ3n) is 7.60. The van der Waals surface area contributed by atoms with Crippen LogP contribution in [-0.2, 0) is 19.9 Å². The van der Waals surface area contributed by atoms with Gasteiger partial charge in [0.15, 0.2) is 6.20 Å². The molecule has 1 aliphatic heterocycles. The highest BCUT2D eigenvalue weighted by Gasteiger charge is 2.33. The number of fused-ring (bicyclic) bond motifs is 5. The second kappa shape index (κ2) is 8.35. The number of pyridine rings is 1. The van der Waals surface area contributed by atoms with Crippen LogP contribution in [0, 0.1) is 18.3 Å². The van der Waals surface area contributed by atoms with Crippen molar-refractivity contribution in [2.75, 3.05) is 0 Å². The van der Waals surface area contributed by atoms with E-state index in [2.05, 4.69) is 114 Å². The standard InChI is InChI=1S/C34H36NS/c1-20(2)16-22-12-13-23-18-29-31-26(27(23)17-22)14-15-35(7)32(31)30-21(3)24-10-8-9-11-25(24)28(33(30)36-29)19-34(4,5)6/h8-15,17-18,20H,16,19H2,1-7H3/q+1. The summed E-state index contributed by atoms with van der Waals surface area (Å²) in [5.74, 6) is 0.653. The summed E-state index contributed by atoms with van der Waals surface area (Å²) in [5.41, 5.74) is 7.33. The number of nitrogens with zero attached hydrogens (tertiary/aromatic N) is 1. The van der Waals surface area contributed by atoms with E-state index in [4.69, 9.17) is 0 Å². The van der Waals surface area contributed by atoms with Crippen molar-refractivity contribution in [3.05, 3.63) is 77.5 Å². The number of hydrogen-bond donors (Lipinski definition) is 0. The van der Waals surface area contributed by atoms with Gasteiger partial charge in [0.2, 0.25) is 5.69 Å². The van der Waals surface area contributed by atoms with Crippen LogP contribution in [0.1, 0.15) is 51.3 Å². The Kier molecular flexibility index (Phi) is 5.46. The SMILES string of the molecule is Cc1c2c(c(CC(C)(C)C)c3ccccc13)Sc1cc3ccc(CC(C)C)cc3c3cc[n+](C)c-2c13. The van der Waals surface area contributed by atoms with Crippen molar-refractivity contribution in [3.63, 3.8) is 0 Å². The van der Waals surface area contributed by atoms with E-state index in [0.29, 0.717) is 5.92 Å². The lowest BCUT2D eigenvalue weighted by molar-refractivity contribution is -0.659. The first-order valence-corrected chi connectivity index (χ1v) is 14.0. The quantitative estimate of drug-likeness (QED) is 0.177. The Hall–Kier alpha value is -2.84. The number of aryl methyl sites for hydroxylation is 2. The zero-order valence-electron chi connectivity index (χ0n) is 22.6. The van der Waals surface area contributed by atoms with Crippen molar-refractivity contribution >= 4 is 44.1 Å². The highest BCUT2D eigenvalue weighted by molar-refractivity contribution is 8.00. The van der Waals surface area contributed by atoms with Gasteiger partial charge in [-0.15, -0.1) is 0 Å². The summed E-state index contributed by atoms with van der Waals surface area (Å²) in [6.45, 7) is 14.0. The molecule has 4 aromatic carbocycles. The lowest BCUT2D eigenvalue weighted by Crippen LogP contribution is -2.32. The molecule has 1 aromatic heterocycles. The van der Waals surface area contributed by atoms with Crippen LogP contribution < -0.4 is 4.57 Å². The summed E-state index contributed by atoms with van der Waals surface area (Å²) in [4.78, 5) is 2.84. The highest BCUT2D eigenvalue weighted by Crippen LogP contribution is 2.53. The van der Waals surface area contributed by atoms with Crippen molar-refractivity contribution in [1.82, 2.24) is 0 Å². The Morgan fingerprint density at radius 3 is 2.36 bits per heavy atom. The molecule has 0 fully saturated rings. The van der Waals surface area contributed by atoms with Crippen molar-refractivity contribution in [2.45, 2.75) is 64.2 Å². The average molecular weight is 491 g/mol. The first-order valence-electron chi connectivity index (χ1n) is 13.2. The first-order chi connectivity index (χ1) is 17.1. The molecular formula is C34H36NS+. The van der Waals surface area contributed by atoms with Gasteiger partial charge in [0, 0.05) is 21.2 Å². The van der Waals surface area contributed by atoms with E-state index in [1.54, 1.807) is 0 Å². The number of aromatic nitrogens is 1. The molecule has 0 spiro atoms. The van der Waals surface area contributed by atoms with Gasteiger partial charge in [-0.05, 0) is 75.4 Å². The molecule has 0 bridgehead atoms. The Morgan fingerprint density at radius 1 is 0.889 bits per heavy atom. The molecule has 0 aliphatic carbocycles. The minimum atomic E-state index is 0.205. The molecule has 36 heavy (non-hydrogen) atoms. The first kappa shape index (κ1) is 23.6. The Labute approximate surface area is 219 Å². The summed E-state index contributed by atoms with van der Waals surface area (Å²) < 4.78 is 2.36. The summed E-state index contributed by atoms with van der Waals surface area (Å²) in [6, 6.07) is 20.9. The van der Waals surface area contributed by atoms with Crippen molar-refractivity contribution < 1.29 is 4.57 Å². The van der Waals surface area contributed by atoms with E-state index in [0.717, 1.165) is 12.8 Å². The van der Waals surface area contributed by atoms with E-state index < -0.39 is 0 Å². The molecular weight excluding hydrogens is 454 g/mol. The molecule has 1 aliphatic rings. The van der Waals surface area contributed by atoms with Crippen molar-refractivity contribution in [3.8, 4) is 11.3 Å². The van der Waals surface area contributed by atoms with E-state index in [1.807, 2.05) is 11.8 Å². The normalized spacial score (nSPS) is 13.2. The highest BCUT2D eigenvalue weighted by atomic mass is 32.2. The van der Waals surface area contributed by atoms with Crippen LogP contribution in [0.5, 0.6) is 0 Å². The fraction of sp³-hybridized carbons (Fsp3) is 0.324. The van der Waals surface area contributed by atoms with Crippen LogP contribution in [0.15, 0.2) is 70.6 Å². The van der Waals surface area contributed by atoms with E-state index in [1.165, 1.54) is 70.1 Å². The molecule has 182 valence electrons. The Bertz CT molecular complexity index is 1680. The minimum Gasteiger partial charge on any atom is -0.200 e. The molecule has 0 saturated heterocycles. The molecule has 0 unspecified atom stereocenters. The third kappa shape index (κ3) is 3.73. The van der Waals surface area contributed by atoms with Gasteiger partial charge in [0.25, 0.3) is 0 Å². The van der Waals surface area contributed by atoms with E-state index in [-0.39, 0.29) is 5.41 Å². The van der Waals surface area contributed by atoms with Crippen LogP contribution in [0.4, 0.5) is 0 Å². The van der Waals surface area contributed by atoms with Crippen LogP contribution in [-0.4, -0.2) is 0 Å². The second-order valence-electron chi connectivity index (χ2n) is 12.3. The lowest BCUT2D eigenvalue weighted by Gasteiger charge is -2.28. The van der Waals surface area contributed by atoms with Crippen LogP contribution in [0.25, 0.3) is 43.6 Å². The largest absolute Gasteiger partial charge is 0.222 e. The molecule has 0 radical (unpaired) electrons. The Morgan fingerprint density at radius 2 is 1.64 bits per heavy atom. The maximum absolute atomic E-state index is 2.44. The molecule has 0 amide bonds. The molecule has 0 atom stereocenters. The maximum Gasteiger partial charge on any atom is 0.222 e. The van der Waals surface area contributed by atoms with Crippen molar-refractivity contribution in [1.29, 1.82) is 0 Å². The predicted molar refractivity (Wildman–Crippen MR) is 156 cm³/mol. The van der Waals surface area contributed by atoms with E-state index in [9.17, 15) is 0 Å². The fourth-order valence-corrected chi connectivity index (χ4v) is 7.51. The molecule has 0 saturated carbocycles. The molecule has 2 heterocycles. The van der Waals surface area contributed by atoms with Gasteiger partial charge in [-0.1, -0.05) is 88.8 Å². The molecule has 0 N–H and O–H groups in total. The molecule has 5 aromatic rings. The monoisotopic (exact) mass is 490 g/mol. The van der Waals surface area contributed by atoms with Crippen molar-refractivity contribution in [2.24, 2.45) is 18.4 Å². The van der Waals surface area contributed by atoms with Gasteiger partial charge in [0.1, 0.15) is 7.05 Å². The molecule has 1 nitrogen and oxygen atoms in total. The summed E-state index contributed by atoms with van der Waals surface area (Å²) in [7, 11) is 2.22. The molecule has 6 rings (SSSR count). The minimum absolute atomic E-state index is 0.205. The van der Waals surface area contributed by atoms with Gasteiger partial charge in [-0.2, -0.15) is 0 Å². The van der Waals surface area contributed by atoms with E-state index >= 15 is 0 Å². The summed E-state index contributed by atoms with van der Waals surface area (Å²) in [6.07, 6.45) is 4.45. The number of rotatable bonds is 3. The predicted octanol–water partition coefficient (Wildman–Crippen LogP) is 9.20. The fourth-order valence-electron chi connectivity index (χ4n) is 6.14. The summed E-state index contributed by atoms with van der Waals surface area (Å²) in [5, 5.41) is 8.31. The lowest BCUT2D eigenvalue weighted by atomic mass is 9.83. The number of benzene rings is 4. The third-order valence-corrected chi connectivity index (χ3v) is 8.79. The van der Waals surface area contributed by atoms with Gasteiger partial charge in [0.05, 0.1) is 10.9 Å². The maximum atomic E-state index is 2.44. The zero-order chi connectivity index (χ0) is 25.4. The van der Waals surface area contributed by atoms with Gasteiger partial charge in [-0.3, -0.25) is 0 Å². The van der Waals surface area contributed by atoms with Crippen LogP contribution >= 0.6 is 11.8 Å². The Balaban J connectivity index is 1.74. The van der Waals surface area contributed by atoms with Gasteiger partial charge < -0.3 is 0 Å². The smallest absolute Gasteiger partial charge is 0.200 e. The van der Waals surface area contributed by atoms with Gasteiger partial charge in [-0.25, -0.2) is 4.57 Å². The summed E-state index contributed by atoms with van der Waals surface area (Å²) >= 11 is 2.00. The zero-order valence-corrected chi connectivity index (χ0v) is 23.4. The van der Waals surface area contributed by atoms with Crippen LogP contribution in [0.2, 0.25) is 0 Å². The number of hydrogen-bond acceptors (Lipinski definition) is 1. The second-order valence-corrected chi connectivity index (χ2v) is 13.3.